The van der Waals surface area contributed by atoms with Crippen LogP contribution in [0.2, 0.25) is 0 Å². The highest BCUT2D eigenvalue weighted by atomic mass is 79.9. The average molecular weight is 255 g/mol. The lowest BCUT2D eigenvalue weighted by Gasteiger charge is -2.26. The molecule has 74 valence electrons. The molecule has 3 nitrogen and oxygen atoms in total. The standard InChI is InChI=1S/C10H11BrN2O/c1-2-8-7-5-6(11)3-4-9(7)13-10(14)12-8/h3-5,8H,2H2,1H3,(H2,12,13,14). The van der Waals surface area contributed by atoms with E-state index in [9.17, 15) is 4.79 Å². The van der Waals surface area contributed by atoms with Crippen LogP contribution in [0.15, 0.2) is 22.7 Å². The quantitative estimate of drug-likeness (QED) is 0.795. The maximum Gasteiger partial charge on any atom is 0.319 e. The predicted molar refractivity (Wildman–Crippen MR) is 59.3 cm³/mol. The molecule has 4 heteroatoms. The summed E-state index contributed by atoms with van der Waals surface area (Å²) < 4.78 is 1.03. The summed E-state index contributed by atoms with van der Waals surface area (Å²) in [6, 6.07) is 5.89. The predicted octanol–water partition coefficient (Wildman–Crippen LogP) is 3.04. The van der Waals surface area contributed by atoms with Crippen LogP contribution < -0.4 is 10.6 Å². The second kappa shape index (κ2) is 3.61. The van der Waals surface area contributed by atoms with E-state index in [4.69, 9.17) is 0 Å². The lowest BCUT2D eigenvalue weighted by molar-refractivity contribution is 0.247. The summed E-state index contributed by atoms with van der Waals surface area (Å²) in [6.07, 6.45) is 0.900. The smallest absolute Gasteiger partial charge is 0.319 e. The number of hydrogen-bond acceptors (Lipinski definition) is 1. The Hall–Kier alpha value is -1.03. The van der Waals surface area contributed by atoms with Crippen molar-refractivity contribution in [2.24, 2.45) is 0 Å². The molecule has 1 unspecified atom stereocenters. The molecule has 0 saturated heterocycles. The molecular weight excluding hydrogens is 244 g/mol. The highest BCUT2D eigenvalue weighted by Gasteiger charge is 2.22. The first-order chi connectivity index (χ1) is 6.70. The monoisotopic (exact) mass is 254 g/mol. The van der Waals surface area contributed by atoms with Gasteiger partial charge in [-0.1, -0.05) is 22.9 Å². The number of benzene rings is 1. The summed E-state index contributed by atoms with van der Waals surface area (Å²) in [4.78, 5) is 11.2. The third-order valence-corrected chi connectivity index (χ3v) is 2.84. The molecule has 2 N–H and O–H groups in total. The maximum atomic E-state index is 11.2. The highest BCUT2D eigenvalue weighted by molar-refractivity contribution is 9.10. The van der Waals surface area contributed by atoms with Gasteiger partial charge in [-0.05, 0) is 30.2 Å². The molecule has 0 saturated carbocycles. The van der Waals surface area contributed by atoms with Crippen LogP contribution in [0.1, 0.15) is 24.9 Å². The van der Waals surface area contributed by atoms with Crippen LogP contribution in [0.5, 0.6) is 0 Å². The number of carbonyl (C=O) groups is 1. The molecule has 1 aliphatic heterocycles. The van der Waals surface area contributed by atoms with Crippen LogP contribution in [0.4, 0.5) is 10.5 Å². The van der Waals surface area contributed by atoms with E-state index in [0.717, 1.165) is 22.1 Å². The van der Waals surface area contributed by atoms with Gasteiger partial charge in [0.2, 0.25) is 0 Å². The second-order valence-corrected chi connectivity index (χ2v) is 4.21. The van der Waals surface area contributed by atoms with E-state index in [1.165, 1.54) is 0 Å². The SMILES string of the molecule is CCC1NC(=O)Nc2ccc(Br)cc21. The Labute approximate surface area is 91.0 Å². The molecule has 2 rings (SSSR count). The lowest BCUT2D eigenvalue weighted by Crippen LogP contribution is -2.37. The largest absolute Gasteiger partial charge is 0.331 e. The minimum Gasteiger partial charge on any atom is -0.331 e. The Bertz CT molecular complexity index is 378. The van der Waals surface area contributed by atoms with E-state index in [-0.39, 0.29) is 12.1 Å². The Morgan fingerprint density at radius 3 is 3.00 bits per heavy atom. The van der Waals surface area contributed by atoms with Gasteiger partial charge < -0.3 is 10.6 Å². The molecule has 1 aromatic carbocycles. The third-order valence-electron chi connectivity index (χ3n) is 2.35. The second-order valence-electron chi connectivity index (χ2n) is 3.29. The van der Waals surface area contributed by atoms with Crippen molar-refractivity contribution in [3.05, 3.63) is 28.2 Å². The number of anilines is 1. The van der Waals surface area contributed by atoms with Gasteiger partial charge in [0, 0.05) is 10.2 Å². The molecule has 1 heterocycles. The number of amides is 2. The van der Waals surface area contributed by atoms with Crippen LogP contribution in [-0.4, -0.2) is 6.03 Å². The van der Waals surface area contributed by atoms with Crippen molar-refractivity contribution in [3.63, 3.8) is 0 Å². The summed E-state index contributed by atoms with van der Waals surface area (Å²) in [5.41, 5.74) is 2.05. The Morgan fingerprint density at radius 2 is 2.29 bits per heavy atom. The maximum absolute atomic E-state index is 11.2. The number of hydrogen-bond donors (Lipinski definition) is 2. The molecule has 1 aromatic rings. The lowest BCUT2D eigenvalue weighted by atomic mass is 10.0. The Balaban J connectivity index is 2.46. The molecule has 1 atom stereocenters. The van der Waals surface area contributed by atoms with Crippen molar-refractivity contribution >= 4 is 27.6 Å². The first-order valence-electron chi connectivity index (χ1n) is 4.57. The van der Waals surface area contributed by atoms with Crippen molar-refractivity contribution in [1.82, 2.24) is 5.32 Å². The fourth-order valence-electron chi connectivity index (χ4n) is 1.65. The molecule has 0 bridgehead atoms. The van der Waals surface area contributed by atoms with Gasteiger partial charge in [-0.25, -0.2) is 4.79 Å². The normalized spacial score (nSPS) is 19.6. The van der Waals surface area contributed by atoms with E-state index in [1.807, 2.05) is 18.2 Å². The first kappa shape index (κ1) is 9.52. The van der Waals surface area contributed by atoms with Crippen molar-refractivity contribution in [2.75, 3.05) is 5.32 Å². The van der Waals surface area contributed by atoms with Gasteiger partial charge in [-0.2, -0.15) is 0 Å². The number of halogens is 1. The number of nitrogens with one attached hydrogen (secondary N) is 2. The van der Waals surface area contributed by atoms with E-state index in [1.54, 1.807) is 0 Å². The summed E-state index contributed by atoms with van der Waals surface area (Å²) >= 11 is 3.42. The summed E-state index contributed by atoms with van der Waals surface area (Å²) in [5, 5.41) is 5.66. The Kier molecular flexibility index (Phi) is 2.46. The van der Waals surface area contributed by atoms with Crippen LogP contribution in [0, 0.1) is 0 Å². The van der Waals surface area contributed by atoms with Gasteiger partial charge in [0.15, 0.2) is 0 Å². The summed E-state index contributed by atoms with van der Waals surface area (Å²) in [7, 11) is 0. The molecule has 0 aromatic heterocycles. The van der Waals surface area contributed by atoms with Gasteiger partial charge in [0.25, 0.3) is 0 Å². The average Bonchev–Trinajstić information content (AvgIpc) is 2.17. The summed E-state index contributed by atoms with van der Waals surface area (Å²) in [6.45, 7) is 2.06. The van der Waals surface area contributed by atoms with Crippen LogP contribution >= 0.6 is 15.9 Å². The molecule has 14 heavy (non-hydrogen) atoms. The minimum absolute atomic E-state index is 0.119. The Morgan fingerprint density at radius 1 is 1.50 bits per heavy atom. The van der Waals surface area contributed by atoms with E-state index in [0.29, 0.717) is 0 Å². The zero-order valence-corrected chi connectivity index (χ0v) is 9.39. The zero-order chi connectivity index (χ0) is 10.1. The highest BCUT2D eigenvalue weighted by Crippen LogP contribution is 2.31. The molecular formula is C10H11BrN2O. The third kappa shape index (κ3) is 1.62. The van der Waals surface area contributed by atoms with Crippen LogP contribution in [0.3, 0.4) is 0 Å². The van der Waals surface area contributed by atoms with Crippen molar-refractivity contribution in [2.45, 2.75) is 19.4 Å². The van der Waals surface area contributed by atoms with Crippen LogP contribution in [-0.2, 0) is 0 Å². The van der Waals surface area contributed by atoms with Crippen molar-refractivity contribution in [1.29, 1.82) is 0 Å². The fraction of sp³-hybridized carbons (Fsp3) is 0.300. The van der Waals surface area contributed by atoms with Crippen LogP contribution in [0.25, 0.3) is 0 Å². The van der Waals surface area contributed by atoms with Gasteiger partial charge in [0.1, 0.15) is 0 Å². The molecule has 0 fully saturated rings. The first-order valence-corrected chi connectivity index (χ1v) is 5.37. The molecule has 2 amide bonds. The molecule has 0 radical (unpaired) electrons. The summed E-state index contributed by atoms with van der Waals surface area (Å²) in [5.74, 6) is 0. The van der Waals surface area contributed by atoms with E-state index in [2.05, 4.69) is 33.5 Å². The van der Waals surface area contributed by atoms with Gasteiger partial charge in [-0.3, -0.25) is 0 Å². The number of carbonyl (C=O) groups excluding carboxylic acids is 1. The fourth-order valence-corrected chi connectivity index (χ4v) is 2.03. The topological polar surface area (TPSA) is 41.1 Å². The van der Waals surface area contributed by atoms with Gasteiger partial charge >= 0.3 is 6.03 Å². The minimum atomic E-state index is -0.119. The zero-order valence-electron chi connectivity index (χ0n) is 7.80. The molecule has 0 aliphatic carbocycles. The molecule has 0 spiro atoms. The number of rotatable bonds is 1. The number of urea groups is 1. The van der Waals surface area contributed by atoms with Gasteiger partial charge in [0.05, 0.1) is 6.04 Å². The van der Waals surface area contributed by atoms with Crippen molar-refractivity contribution < 1.29 is 4.79 Å². The van der Waals surface area contributed by atoms with E-state index < -0.39 is 0 Å². The molecule has 1 aliphatic rings. The van der Waals surface area contributed by atoms with Crippen molar-refractivity contribution in [3.8, 4) is 0 Å². The van der Waals surface area contributed by atoms with Gasteiger partial charge in [-0.15, -0.1) is 0 Å². The van der Waals surface area contributed by atoms with E-state index >= 15 is 0 Å². The number of fused-ring (bicyclic) bond motifs is 1.